The molecular formula is C10H11Cl3O3S. The van der Waals surface area contributed by atoms with Crippen molar-refractivity contribution in [2.75, 3.05) is 5.75 Å². The van der Waals surface area contributed by atoms with Crippen molar-refractivity contribution in [2.45, 2.75) is 18.2 Å². The maximum atomic E-state index is 10.5. The van der Waals surface area contributed by atoms with Gasteiger partial charge in [0.05, 0.1) is 11.1 Å². The van der Waals surface area contributed by atoms with Crippen LogP contribution in [-0.4, -0.2) is 18.7 Å². The van der Waals surface area contributed by atoms with Gasteiger partial charge in [-0.2, -0.15) is 8.42 Å². The Morgan fingerprint density at radius 2 is 1.94 bits per heavy atom. The Morgan fingerprint density at radius 1 is 1.29 bits per heavy atom. The Morgan fingerprint density at radius 3 is 2.47 bits per heavy atom. The maximum absolute atomic E-state index is 10.5. The molecule has 0 saturated carbocycles. The van der Waals surface area contributed by atoms with Gasteiger partial charge in [-0.25, -0.2) is 0 Å². The molecule has 0 spiro atoms. The molecule has 7 heteroatoms. The molecule has 0 radical (unpaired) electrons. The van der Waals surface area contributed by atoms with Crippen molar-refractivity contribution >= 4 is 44.9 Å². The largest absolute Gasteiger partial charge is 0.286 e. The maximum Gasteiger partial charge on any atom is 0.264 e. The Labute approximate surface area is 115 Å². The number of hydrogen-bond acceptors (Lipinski definition) is 2. The van der Waals surface area contributed by atoms with Crippen LogP contribution in [0.3, 0.4) is 0 Å². The molecule has 0 aliphatic rings. The van der Waals surface area contributed by atoms with Crippen LogP contribution < -0.4 is 0 Å². The first-order chi connectivity index (χ1) is 7.79. The Balaban J connectivity index is 2.61. The molecule has 0 amide bonds. The van der Waals surface area contributed by atoms with Crippen molar-refractivity contribution in [3.63, 3.8) is 0 Å². The smallest absolute Gasteiger partial charge is 0.264 e. The molecule has 0 bridgehead atoms. The zero-order chi connectivity index (χ0) is 13.1. The standard InChI is InChI=1S/C10H11Cl3O3S/c11-7-3-4-8(10(13)6-7)9(12)2-1-5-17(14,15)16/h3-4,6,9H,1-2,5H2,(H,14,15,16). The van der Waals surface area contributed by atoms with E-state index in [9.17, 15) is 8.42 Å². The van der Waals surface area contributed by atoms with E-state index in [1.807, 2.05) is 0 Å². The van der Waals surface area contributed by atoms with Gasteiger partial charge in [-0.1, -0.05) is 29.3 Å². The van der Waals surface area contributed by atoms with Gasteiger partial charge in [-0.05, 0) is 30.5 Å². The van der Waals surface area contributed by atoms with Gasteiger partial charge >= 0.3 is 0 Å². The minimum atomic E-state index is -3.93. The molecular weight excluding hydrogens is 307 g/mol. The summed E-state index contributed by atoms with van der Waals surface area (Å²) in [7, 11) is -3.93. The Bertz CT molecular complexity index is 488. The third-order valence-electron chi connectivity index (χ3n) is 2.16. The zero-order valence-corrected chi connectivity index (χ0v) is 11.8. The predicted octanol–water partition coefficient (Wildman–Crippen LogP) is 3.94. The summed E-state index contributed by atoms with van der Waals surface area (Å²) in [5.41, 5.74) is 0.702. The van der Waals surface area contributed by atoms with Gasteiger partial charge in [0, 0.05) is 10.0 Å². The van der Waals surface area contributed by atoms with Crippen molar-refractivity contribution in [1.29, 1.82) is 0 Å². The average Bonchev–Trinajstić information content (AvgIpc) is 2.15. The molecule has 0 fully saturated rings. The van der Waals surface area contributed by atoms with Crippen LogP contribution in [0.25, 0.3) is 0 Å². The summed E-state index contributed by atoms with van der Waals surface area (Å²) < 4.78 is 29.6. The summed E-state index contributed by atoms with van der Waals surface area (Å²) in [4.78, 5) is 0. The van der Waals surface area contributed by atoms with Crippen LogP contribution in [-0.2, 0) is 10.1 Å². The normalized spacial score (nSPS) is 13.6. The van der Waals surface area contributed by atoms with E-state index in [1.54, 1.807) is 18.2 Å². The van der Waals surface area contributed by atoms with E-state index >= 15 is 0 Å². The predicted molar refractivity (Wildman–Crippen MR) is 70.7 cm³/mol. The number of halogens is 3. The molecule has 1 aromatic rings. The lowest BCUT2D eigenvalue weighted by Gasteiger charge is -2.11. The fraction of sp³-hybridized carbons (Fsp3) is 0.400. The molecule has 0 aliphatic heterocycles. The molecule has 1 N–H and O–H groups in total. The van der Waals surface area contributed by atoms with Crippen LogP contribution in [0.2, 0.25) is 10.0 Å². The van der Waals surface area contributed by atoms with E-state index in [4.69, 9.17) is 39.4 Å². The van der Waals surface area contributed by atoms with Gasteiger partial charge in [-0.3, -0.25) is 4.55 Å². The number of alkyl halides is 1. The van der Waals surface area contributed by atoms with Gasteiger partial charge in [-0.15, -0.1) is 11.6 Å². The molecule has 0 saturated heterocycles. The van der Waals surface area contributed by atoms with Crippen LogP contribution in [0.15, 0.2) is 18.2 Å². The number of rotatable bonds is 5. The molecule has 1 rings (SSSR count). The first-order valence-electron chi connectivity index (χ1n) is 4.84. The van der Waals surface area contributed by atoms with Crippen molar-refractivity contribution in [3.8, 4) is 0 Å². The van der Waals surface area contributed by atoms with E-state index in [0.29, 0.717) is 22.0 Å². The average molecular weight is 318 g/mol. The fourth-order valence-corrected chi connectivity index (χ4v) is 2.83. The van der Waals surface area contributed by atoms with Gasteiger partial charge in [0.25, 0.3) is 10.1 Å². The van der Waals surface area contributed by atoms with E-state index in [0.717, 1.165) is 0 Å². The highest BCUT2D eigenvalue weighted by atomic mass is 35.5. The van der Waals surface area contributed by atoms with E-state index in [-0.39, 0.29) is 12.2 Å². The van der Waals surface area contributed by atoms with E-state index in [1.165, 1.54) is 0 Å². The number of hydrogen-bond donors (Lipinski definition) is 1. The Hall–Kier alpha value is -0.000000000000000111. The second-order valence-electron chi connectivity index (χ2n) is 3.56. The lowest BCUT2D eigenvalue weighted by Crippen LogP contribution is -2.04. The molecule has 3 nitrogen and oxygen atoms in total. The first-order valence-corrected chi connectivity index (χ1v) is 7.64. The third kappa shape index (κ3) is 5.44. The monoisotopic (exact) mass is 316 g/mol. The summed E-state index contributed by atoms with van der Waals surface area (Å²) in [6.45, 7) is 0. The summed E-state index contributed by atoms with van der Waals surface area (Å²) >= 11 is 17.8. The molecule has 1 atom stereocenters. The highest BCUT2D eigenvalue weighted by molar-refractivity contribution is 7.85. The minimum Gasteiger partial charge on any atom is -0.286 e. The molecule has 17 heavy (non-hydrogen) atoms. The molecule has 0 aliphatic carbocycles. The second-order valence-corrected chi connectivity index (χ2v) is 6.50. The van der Waals surface area contributed by atoms with Crippen LogP contribution in [0.1, 0.15) is 23.8 Å². The molecule has 1 unspecified atom stereocenters. The van der Waals surface area contributed by atoms with Crippen LogP contribution >= 0.6 is 34.8 Å². The van der Waals surface area contributed by atoms with Crippen molar-refractivity contribution in [3.05, 3.63) is 33.8 Å². The van der Waals surface area contributed by atoms with E-state index < -0.39 is 15.5 Å². The summed E-state index contributed by atoms with van der Waals surface area (Å²) in [5, 5.41) is 0.562. The SMILES string of the molecule is O=S(=O)(O)CCCC(Cl)c1ccc(Cl)cc1Cl. The van der Waals surface area contributed by atoms with Crippen molar-refractivity contribution in [1.82, 2.24) is 0 Å². The number of benzene rings is 1. The fourth-order valence-electron chi connectivity index (χ4n) is 1.36. The summed E-state index contributed by atoms with van der Waals surface area (Å²) in [5.74, 6) is -0.304. The molecule has 96 valence electrons. The van der Waals surface area contributed by atoms with Gasteiger partial charge in [0.1, 0.15) is 0 Å². The summed E-state index contributed by atoms with van der Waals surface area (Å²) in [6, 6.07) is 4.95. The Kier molecular flexibility index (Phi) is 5.54. The van der Waals surface area contributed by atoms with Gasteiger partial charge in [0.15, 0.2) is 0 Å². The van der Waals surface area contributed by atoms with Crippen LogP contribution in [0, 0.1) is 0 Å². The highest BCUT2D eigenvalue weighted by Gasteiger charge is 2.13. The van der Waals surface area contributed by atoms with Crippen LogP contribution in [0.4, 0.5) is 0 Å². The van der Waals surface area contributed by atoms with Gasteiger partial charge in [0.2, 0.25) is 0 Å². The topological polar surface area (TPSA) is 54.4 Å². The lowest BCUT2D eigenvalue weighted by atomic mass is 10.1. The zero-order valence-electron chi connectivity index (χ0n) is 8.74. The van der Waals surface area contributed by atoms with Crippen molar-refractivity contribution in [2.24, 2.45) is 0 Å². The molecule has 0 heterocycles. The van der Waals surface area contributed by atoms with Crippen LogP contribution in [0.5, 0.6) is 0 Å². The minimum absolute atomic E-state index is 0.270. The molecule has 0 aromatic heterocycles. The lowest BCUT2D eigenvalue weighted by molar-refractivity contribution is 0.480. The molecule has 1 aromatic carbocycles. The first kappa shape index (κ1) is 15.1. The second kappa shape index (κ2) is 6.25. The third-order valence-corrected chi connectivity index (χ3v) is 3.98. The van der Waals surface area contributed by atoms with E-state index in [2.05, 4.69) is 0 Å². The quantitative estimate of drug-likeness (QED) is 0.661. The highest BCUT2D eigenvalue weighted by Crippen LogP contribution is 2.33. The van der Waals surface area contributed by atoms with Gasteiger partial charge < -0.3 is 0 Å². The summed E-state index contributed by atoms with van der Waals surface area (Å²) in [6.07, 6.45) is 0.675. The van der Waals surface area contributed by atoms with Crippen molar-refractivity contribution < 1.29 is 13.0 Å².